The molecule has 0 bridgehead atoms. The molecule has 2 aromatic rings. The molecule has 1 saturated heterocycles. The summed E-state index contributed by atoms with van der Waals surface area (Å²) in [5.41, 5.74) is 0.766. The van der Waals surface area contributed by atoms with E-state index in [1.807, 2.05) is 0 Å². The molecule has 1 fully saturated rings. The van der Waals surface area contributed by atoms with E-state index in [0.29, 0.717) is 24.3 Å². The summed E-state index contributed by atoms with van der Waals surface area (Å²) in [5.74, 6) is 0. The van der Waals surface area contributed by atoms with Gasteiger partial charge in [-0.05, 0) is 12.8 Å². The zero-order chi connectivity index (χ0) is 15.9. The number of H-pyrrole nitrogens is 1. The van der Waals surface area contributed by atoms with E-state index in [4.69, 9.17) is 0 Å². The average Bonchev–Trinajstić information content (AvgIpc) is 2.96. The third-order valence-electron chi connectivity index (χ3n) is 3.95. The summed E-state index contributed by atoms with van der Waals surface area (Å²) in [5, 5.41) is 2.78. The van der Waals surface area contributed by atoms with Crippen molar-refractivity contribution in [1.29, 1.82) is 0 Å². The van der Waals surface area contributed by atoms with Gasteiger partial charge in [-0.3, -0.25) is 9.89 Å². The molecule has 0 amide bonds. The van der Waals surface area contributed by atoms with Crippen molar-refractivity contribution in [3.05, 3.63) is 34.4 Å². The minimum atomic E-state index is -3.54. The van der Waals surface area contributed by atoms with Crippen LogP contribution in [0, 0.1) is 0 Å². The molecule has 1 atom stereocenters. The minimum Gasteiger partial charge on any atom is -0.297 e. The fraction of sp³-hybridized carbons (Fsp3) is 0.538. The predicted octanol–water partition coefficient (Wildman–Crippen LogP) is 0.356. The molecule has 0 spiro atoms. The Morgan fingerprint density at radius 1 is 1.36 bits per heavy atom. The summed E-state index contributed by atoms with van der Waals surface area (Å²) >= 11 is 0. The lowest BCUT2D eigenvalue weighted by Gasteiger charge is -2.35. The number of piperidine rings is 1. The molecular formula is C13H19N5O3S. The summed E-state index contributed by atoms with van der Waals surface area (Å²) in [6.07, 6.45) is 4.02. The Bertz CT molecular complexity index is 839. The van der Waals surface area contributed by atoms with Crippen molar-refractivity contribution >= 4 is 15.9 Å². The van der Waals surface area contributed by atoms with Crippen LogP contribution in [-0.2, 0) is 10.2 Å². The van der Waals surface area contributed by atoms with E-state index in [9.17, 15) is 13.2 Å². The first-order valence-corrected chi connectivity index (χ1v) is 8.57. The van der Waals surface area contributed by atoms with Gasteiger partial charge >= 0.3 is 0 Å². The highest BCUT2D eigenvalue weighted by Gasteiger charge is 2.35. The van der Waals surface area contributed by atoms with Gasteiger partial charge < -0.3 is 0 Å². The SMILES string of the molecule is CN(C)S(=O)(=O)N1CCCC[C@H]1c1cc(=O)n2[nH]ccc2n1. The maximum absolute atomic E-state index is 12.5. The molecule has 120 valence electrons. The van der Waals surface area contributed by atoms with Gasteiger partial charge in [-0.25, -0.2) is 9.50 Å². The van der Waals surface area contributed by atoms with E-state index < -0.39 is 16.3 Å². The maximum Gasteiger partial charge on any atom is 0.282 e. The second-order valence-corrected chi connectivity index (χ2v) is 7.68. The van der Waals surface area contributed by atoms with E-state index in [1.165, 1.54) is 33.3 Å². The van der Waals surface area contributed by atoms with E-state index in [1.54, 1.807) is 12.3 Å². The first kappa shape index (κ1) is 15.2. The van der Waals surface area contributed by atoms with Crippen LogP contribution in [0.25, 0.3) is 5.65 Å². The summed E-state index contributed by atoms with van der Waals surface area (Å²) in [7, 11) is -0.515. The van der Waals surface area contributed by atoms with Gasteiger partial charge in [0.1, 0.15) is 0 Å². The smallest absolute Gasteiger partial charge is 0.282 e. The van der Waals surface area contributed by atoms with Gasteiger partial charge in [-0.2, -0.15) is 17.0 Å². The molecule has 0 unspecified atom stereocenters. The van der Waals surface area contributed by atoms with Crippen molar-refractivity contribution < 1.29 is 8.42 Å². The second kappa shape index (κ2) is 5.49. The Morgan fingerprint density at radius 3 is 2.86 bits per heavy atom. The zero-order valence-corrected chi connectivity index (χ0v) is 13.4. The normalized spacial score (nSPS) is 20.8. The summed E-state index contributed by atoms with van der Waals surface area (Å²) in [6.45, 7) is 0.444. The molecule has 9 heteroatoms. The van der Waals surface area contributed by atoms with Gasteiger partial charge in [-0.15, -0.1) is 0 Å². The van der Waals surface area contributed by atoms with Crippen molar-refractivity contribution in [2.75, 3.05) is 20.6 Å². The molecule has 1 N–H and O–H groups in total. The van der Waals surface area contributed by atoms with Crippen molar-refractivity contribution in [3.63, 3.8) is 0 Å². The van der Waals surface area contributed by atoms with Crippen LogP contribution in [-0.4, -0.2) is 52.3 Å². The van der Waals surface area contributed by atoms with Gasteiger partial charge in [0.2, 0.25) is 0 Å². The molecule has 3 rings (SSSR count). The third-order valence-corrected chi connectivity index (χ3v) is 5.91. The summed E-state index contributed by atoms with van der Waals surface area (Å²) in [6, 6.07) is 2.71. The van der Waals surface area contributed by atoms with Crippen LogP contribution in [0.15, 0.2) is 23.1 Å². The molecule has 22 heavy (non-hydrogen) atoms. The van der Waals surface area contributed by atoms with Crippen LogP contribution in [0.1, 0.15) is 31.0 Å². The quantitative estimate of drug-likeness (QED) is 0.882. The first-order chi connectivity index (χ1) is 10.4. The fourth-order valence-corrected chi connectivity index (χ4v) is 4.12. The van der Waals surface area contributed by atoms with Crippen LogP contribution in [0.5, 0.6) is 0 Å². The fourth-order valence-electron chi connectivity index (χ4n) is 2.80. The average molecular weight is 325 g/mol. The van der Waals surface area contributed by atoms with Gasteiger partial charge in [-0.1, -0.05) is 6.42 Å². The van der Waals surface area contributed by atoms with Crippen LogP contribution in [0.4, 0.5) is 0 Å². The molecule has 0 radical (unpaired) electrons. The molecule has 1 aliphatic heterocycles. The number of nitrogens with zero attached hydrogens (tertiary/aromatic N) is 4. The highest BCUT2D eigenvalue weighted by molar-refractivity contribution is 7.86. The second-order valence-electron chi connectivity index (χ2n) is 5.59. The number of hydrogen-bond acceptors (Lipinski definition) is 4. The Balaban J connectivity index is 2.08. The number of nitrogens with one attached hydrogen (secondary N) is 1. The number of aromatic amines is 1. The number of aromatic nitrogens is 3. The lowest BCUT2D eigenvalue weighted by molar-refractivity contribution is 0.238. The van der Waals surface area contributed by atoms with Gasteiger partial charge in [0, 0.05) is 39.0 Å². The molecule has 0 aliphatic carbocycles. The zero-order valence-electron chi connectivity index (χ0n) is 12.6. The first-order valence-electron chi connectivity index (χ1n) is 7.17. The number of rotatable bonds is 3. The highest BCUT2D eigenvalue weighted by Crippen LogP contribution is 2.32. The molecule has 2 aromatic heterocycles. The van der Waals surface area contributed by atoms with E-state index in [0.717, 1.165) is 12.8 Å². The van der Waals surface area contributed by atoms with Crippen molar-refractivity contribution in [2.45, 2.75) is 25.3 Å². The van der Waals surface area contributed by atoms with Crippen molar-refractivity contribution in [2.24, 2.45) is 0 Å². The van der Waals surface area contributed by atoms with Crippen LogP contribution >= 0.6 is 0 Å². The Labute approximate surface area is 128 Å². The standard InChI is InChI=1S/C13H19N5O3S/c1-16(2)22(20,21)17-8-4-3-5-11(17)10-9-13(19)18-12(15-10)6-7-14-18/h6-7,9,11,14H,3-5,8H2,1-2H3/t11-/m0/s1. The summed E-state index contributed by atoms with van der Waals surface area (Å²) in [4.78, 5) is 16.6. The topological polar surface area (TPSA) is 90.8 Å². The number of hydrogen-bond donors (Lipinski definition) is 1. The molecule has 8 nitrogen and oxygen atoms in total. The number of fused-ring (bicyclic) bond motifs is 1. The van der Waals surface area contributed by atoms with Crippen molar-refractivity contribution in [1.82, 2.24) is 23.2 Å². The summed E-state index contributed by atoms with van der Waals surface area (Å²) < 4.78 is 29.0. The van der Waals surface area contributed by atoms with Crippen LogP contribution in [0.2, 0.25) is 0 Å². The lowest BCUT2D eigenvalue weighted by Crippen LogP contribution is -2.45. The van der Waals surface area contributed by atoms with E-state index in [-0.39, 0.29) is 5.56 Å². The Kier molecular flexibility index (Phi) is 3.79. The molecule has 0 aromatic carbocycles. The Morgan fingerprint density at radius 2 is 2.14 bits per heavy atom. The monoisotopic (exact) mass is 325 g/mol. The minimum absolute atomic E-state index is 0.238. The van der Waals surface area contributed by atoms with Crippen LogP contribution < -0.4 is 5.56 Å². The van der Waals surface area contributed by atoms with Gasteiger partial charge in [0.05, 0.1) is 11.7 Å². The molecule has 0 saturated carbocycles. The molecular weight excluding hydrogens is 306 g/mol. The van der Waals surface area contributed by atoms with E-state index in [2.05, 4.69) is 10.1 Å². The van der Waals surface area contributed by atoms with Crippen molar-refractivity contribution in [3.8, 4) is 0 Å². The lowest BCUT2D eigenvalue weighted by atomic mass is 10.0. The molecule has 1 aliphatic rings. The molecule has 3 heterocycles. The maximum atomic E-state index is 12.5. The van der Waals surface area contributed by atoms with E-state index >= 15 is 0 Å². The Hall–Kier alpha value is -1.71. The predicted molar refractivity (Wildman–Crippen MR) is 81.7 cm³/mol. The highest BCUT2D eigenvalue weighted by atomic mass is 32.2. The largest absolute Gasteiger partial charge is 0.297 e. The van der Waals surface area contributed by atoms with Crippen LogP contribution in [0.3, 0.4) is 0 Å². The third kappa shape index (κ3) is 2.44. The van der Waals surface area contributed by atoms with Gasteiger partial charge in [0.15, 0.2) is 5.65 Å². The van der Waals surface area contributed by atoms with Gasteiger partial charge in [0.25, 0.3) is 15.8 Å².